The van der Waals surface area contributed by atoms with Gasteiger partial charge < -0.3 is 11.1 Å². The SMILES string of the molecule is CC(C)CC(N)C(=O)NCc1ccccn1. The minimum absolute atomic E-state index is 0.112. The van der Waals surface area contributed by atoms with Crippen LogP contribution in [0.25, 0.3) is 0 Å². The first-order valence-electron chi connectivity index (χ1n) is 5.52. The zero-order valence-electron chi connectivity index (χ0n) is 9.81. The first-order chi connectivity index (χ1) is 7.59. The molecular weight excluding hydrogens is 202 g/mol. The lowest BCUT2D eigenvalue weighted by Gasteiger charge is -2.13. The second-order valence-electron chi connectivity index (χ2n) is 4.27. The number of hydrogen-bond donors (Lipinski definition) is 2. The Labute approximate surface area is 96.3 Å². The van der Waals surface area contributed by atoms with Crippen molar-refractivity contribution in [2.45, 2.75) is 32.9 Å². The molecule has 0 aliphatic rings. The molecule has 0 saturated heterocycles. The highest BCUT2D eigenvalue weighted by atomic mass is 16.2. The quantitative estimate of drug-likeness (QED) is 0.781. The number of aromatic nitrogens is 1. The summed E-state index contributed by atoms with van der Waals surface area (Å²) < 4.78 is 0. The van der Waals surface area contributed by atoms with Gasteiger partial charge in [-0.2, -0.15) is 0 Å². The number of carbonyl (C=O) groups excluding carboxylic acids is 1. The van der Waals surface area contributed by atoms with Gasteiger partial charge in [-0.05, 0) is 24.5 Å². The number of amides is 1. The van der Waals surface area contributed by atoms with Crippen LogP contribution >= 0.6 is 0 Å². The Kier molecular flexibility index (Phi) is 4.92. The third-order valence-electron chi connectivity index (χ3n) is 2.23. The van der Waals surface area contributed by atoms with E-state index in [0.29, 0.717) is 18.9 Å². The molecule has 0 saturated carbocycles. The molecule has 1 unspecified atom stereocenters. The Balaban J connectivity index is 2.35. The zero-order valence-corrected chi connectivity index (χ0v) is 9.81. The largest absolute Gasteiger partial charge is 0.349 e. The highest BCUT2D eigenvalue weighted by Crippen LogP contribution is 2.02. The highest BCUT2D eigenvalue weighted by molar-refractivity contribution is 5.81. The summed E-state index contributed by atoms with van der Waals surface area (Å²) in [6.07, 6.45) is 2.41. The van der Waals surface area contributed by atoms with Crippen molar-refractivity contribution in [2.24, 2.45) is 11.7 Å². The Morgan fingerprint density at radius 2 is 2.25 bits per heavy atom. The average molecular weight is 221 g/mol. The topological polar surface area (TPSA) is 68.0 Å². The molecule has 4 heteroatoms. The smallest absolute Gasteiger partial charge is 0.237 e. The summed E-state index contributed by atoms with van der Waals surface area (Å²) in [6, 6.07) is 5.18. The molecule has 0 spiro atoms. The van der Waals surface area contributed by atoms with Gasteiger partial charge in [-0.15, -0.1) is 0 Å². The van der Waals surface area contributed by atoms with Gasteiger partial charge in [0.25, 0.3) is 0 Å². The summed E-state index contributed by atoms with van der Waals surface area (Å²) in [4.78, 5) is 15.7. The summed E-state index contributed by atoms with van der Waals surface area (Å²) >= 11 is 0. The molecule has 1 heterocycles. The number of hydrogen-bond acceptors (Lipinski definition) is 3. The third kappa shape index (κ3) is 4.40. The molecule has 1 aromatic rings. The van der Waals surface area contributed by atoms with Gasteiger partial charge in [-0.1, -0.05) is 19.9 Å². The summed E-state index contributed by atoms with van der Waals surface area (Å²) in [5.41, 5.74) is 6.59. The fraction of sp³-hybridized carbons (Fsp3) is 0.500. The summed E-state index contributed by atoms with van der Waals surface area (Å²) in [6.45, 7) is 4.53. The van der Waals surface area contributed by atoms with Crippen LogP contribution < -0.4 is 11.1 Å². The monoisotopic (exact) mass is 221 g/mol. The molecule has 1 amide bonds. The number of nitrogens with two attached hydrogens (primary N) is 1. The maximum absolute atomic E-state index is 11.6. The van der Waals surface area contributed by atoms with Crippen molar-refractivity contribution in [1.82, 2.24) is 10.3 Å². The number of rotatable bonds is 5. The summed E-state index contributed by atoms with van der Waals surface area (Å²) in [7, 11) is 0. The van der Waals surface area contributed by atoms with Crippen molar-refractivity contribution >= 4 is 5.91 Å². The number of nitrogens with one attached hydrogen (secondary N) is 1. The van der Waals surface area contributed by atoms with Gasteiger partial charge in [0.15, 0.2) is 0 Å². The number of carbonyl (C=O) groups is 1. The van der Waals surface area contributed by atoms with E-state index < -0.39 is 6.04 Å². The Morgan fingerprint density at radius 1 is 1.50 bits per heavy atom. The van der Waals surface area contributed by atoms with Crippen LogP contribution in [0.3, 0.4) is 0 Å². The molecule has 1 rings (SSSR count). The minimum atomic E-state index is -0.427. The molecule has 0 bridgehead atoms. The predicted octanol–water partition coefficient (Wildman–Crippen LogP) is 1.07. The fourth-order valence-corrected chi connectivity index (χ4v) is 1.43. The van der Waals surface area contributed by atoms with E-state index in [2.05, 4.69) is 10.3 Å². The van der Waals surface area contributed by atoms with E-state index in [4.69, 9.17) is 5.73 Å². The van der Waals surface area contributed by atoms with Gasteiger partial charge in [0.1, 0.15) is 0 Å². The maximum atomic E-state index is 11.6. The predicted molar refractivity (Wildman–Crippen MR) is 63.5 cm³/mol. The number of nitrogens with zero attached hydrogens (tertiary/aromatic N) is 1. The van der Waals surface area contributed by atoms with Gasteiger partial charge in [0, 0.05) is 6.20 Å². The van der Waals surface area contributed by atoms with Crippen molar-refractivity contribution in [3.8, 4) is 0 Å². The molecule has 0 fully saturated rings. The van der Waals surface area contributed by atoms with Crippen molar-refractivity contribution in [3.63, 3.8) is 0 Å². The van der Waals surface area contributed by atoms with Crippen molar-refractivity contribution in [2.75, 3.05) is 0 Å². The normalized spacial score (nSPS) is 12.5. The van der Waals surface area contributed by atoms with Crippen molar-refractivity contribution < 1.29 is 4.79 Å². The lowest BCUT2D eigenvalue weighted by molar-refractivity contribution is -0.122. The van der Waals surface area contributed by atoms with E-state index in [-0.39, 0.29) is 5.91 Å². The highest BCUT2D eigenvalue weighted by Gasteiger charge is 2.14. The first kappa shape index (κ1) is 12.6. The van der Waals surface area contributed by atoms with E-state index in [9.17, 15) is 4.79 Å². The van der Waals surface area contributed by atoms with Gasteiger partial charge in [0.2, 0.25) is 5.91 Å². The molecule has 0 radical (unpaired) electrons. The Hall–Kier alpha value is -1.42. The van der Waals surface area contributed by atoms with Crippen LogP contribution in [0, 0.1) is 5.92 Å². The molecule has 1 aromatic heterocycles. The van der Waals surface area contributed by atoms with Crippen LogP contribution in [0.2, 0.25) is 0 Å². The first-order valence-corrected chi connectivity index (χ1v) is 5.52. The summed E-state index contributed by atoms with van der Waals surface area (Å²) in [5, 5.41) is 2.78. The fourth-order valence-electron chi connectivity index (χ4n) is 1.43. The van der Waals surface area contributed by atoms with Crippen LogP contribution in [0.1, 0.15) is 26.0 Å². The van der Waals surface area contributed by atoms with E-state index in [0.717, 1.165) is 5.69 Å². The van der Waals surface area contributed by atoms with Gasteiger partial charge in [-0.25, -0.2) is 0 Å². The maximum Gasteiger partial charge on any atom is 0.237 e. The Bertz CT molecular complexity index is 324. The minimum Gasteiger partial charge on any atom is -0.349 e. The molecule has 88 valence electrons. The van der Waals surface area contributed by atoms with Gasteiger partial charge in [-0.3, -0.25) is 9.78 Å². The molecule has 0 aliphatic heterocycles. The van der Waals surface area contributed by atoms with Crippen LogP contribution in [-0.4, -0.2) is 16.9 Å². The van der Waals surface area contributed by atoms with E-state index in [1.165, 1.54) is 0 Å². The van der Waals surface area contributed by atoms with Gasteiger partial charge in [0.05, 0.1) is 18.3 Å². The zero-order chi connectivity index (χ0) is 12.0. The molecule has 3 N–H and O–H groups in total. The molecule has 1 atom stereocenters. The molecular formula is C12H19N3O. The molecule has 0 aromatic carbocycles. The standard InChI is InChI=1S/C12H19N3O/c1-9(2)7-11(13)12(16)15-8-10-5-3-4-6-14-10/h3-6,9,11H,7-8,13H2,1-2H3,(H,15,16). The average Bonchev–Trinajstić information content (AvgIpc) is 2.26. The van der Waals surface area contributed by atoms with E-state index in [1.54, 1.807) is 6.20 Å². The van der Waals surface area contributed by atoms with Crippen LogP contribution in [0.5, 0.6) is 0 Å². The van der Waals surface area contributed by atoms with Crippen LogP contribution in [0.15, 0.2) is 24.4 Å². The van der Waals surface area contributed by atoms with Crippen LogP contribution in [0.4, 0.5) is 0 Å². The van der Waals surface area contributed by atoms with Crippen LogP contribution in [-0.2, 0) is 11.3 Å². The van der Waals surface area contributed by atoms with E-state index >= 15 is 0 Å². The second kappa shape index (κ2) is 6.23. The molecule has 16 heavy (non-hydrogen) atoms. The molecule has 0 aliphatic carbocycles. The van der Waals surface area contributed by atoms with Gasteiger partial charge >= 0.3 is 0 Å². The Morgan fingerprint density at radius 3 is 2.81 bits per heavy atom. The summed E-state index contributed by atoms with van der Waals surface area (Å²) in [5.74, 6) is 0.315. The molecule has 4 nitrogen and oxygen atoms in total. The van der Waals surface area contributed by atoms with E-state index in [1.807, 2.05) is 32.0 Å². The van der Waals surface area contributed by atoms with Crippen molar-refractivity contribution in [1.29, 1.82) is 0 Å². The second-order valence-corrected chi connectivity index (χ2v) is 4.27. The van der Waals surface area contributed by atoms with Crippen molar-refractivity contribution in [3.05, 3.63) is 30.1 Å². The third-order valence-corrected chi connectivity index (χ3v) is 2.23. The number of pyridine rings is 1. The lowest BCUT2D eigenvalue weighted by atomic mass is 10.0. The lowest BCUT2D eigenvalue weighted by Crippen LogP contribution is -2.41.